The van der Waals surface area contributed by atoms with E-state index in [0.717, 1.165) is 35.7 Å². The van der Waals surface area contributed by atoms with Crippen molar-refractivity contribution in [3.63, 3.8) is 0 Å². The third kappa shape index (κ3) is 4.45. The molecule has 3 rings (SSSR count). The average molecular weight is 438 g/mol. The van der Waals surface area contributed by atoms with E-state index in [1.54, 1.807) is 19.1 Å². The smallest absolute Gasteiger partial charge is 0.341 e. The average Bonchev–Trinajstić information content (AvgIpc) is 2.98. The summed E-state index contributed by atoms with van der Waals surface area (Å²) < 4.78 is 11.6. The molecule has 0 spiro atoms. The highest BCUT2D eigenvalue weighted by atomic mass is 79.9. The largest absolute Gasteiger partial charge is 0.484 e. The van der Waals surface area contributed by atoms with Crippen LogP contribution >= 0.6 is 27.3 Å². The molecule has 5 nitrogen and oxygen atoms in total. The van der Waals surface area contributed by atoms with Gasteiger partial charge < -0.3 is 14.8 Å². The summed E-state index contributed by atoms with van der Waals surface area (Å²) >= 11 is 4.84. The van der Waals surface area contributed by atoms with E-state index < -0.39 is 0 Å². The maximum absolute atomic E-state index is 12.4. The van der Waals surface area contributed by atoms with Crippen molar-refractivity contribution in [3.05, 3.63) is 44.7 Å². The van der Waals surface area contributed by atoms with Gasteiger partial charge in [-0.05, 0) is 56.4 Å². The molecule has 0 aliphatic heterocycles. The predicted molar refractivity (Wildman–Crippen MR) is 105 cm³/mol. The van der Waals surface area contributed by atoms with Gasteiger partial charge in [-0.3, -0.25) is 4.79 Å². The summed E-state index contributed by atoms with van der Waals surface area (Å²) in [5, 5.41) is 3.40. The van der Waals surface area contributed by atoms with Gasteiger partial charge in [0.25, 0.3) is 5.91 Å². The Morgan fingerprint density at radius 2 is 2.08 bits per heavy atom. The molecular formula is C19H20BrNO4S. The predicted octanol–water partition coefficient (Wildman–Crippen LogP) is 4.58. The van der Waals surface area contributed by atoms with Crippen LogP contribution in [-0.2, 0) is 22.4 Å². The first-order chi connectivity index (χ1) is 12.6. The molecule has 138 valence electrons. The minimum atomic E-state index is -0.366. The molecule has 26 heavy (non-hydrogen) atoms. The number of thiophene rings is 1. The van der Waals surface area contributed by atoms with E-state index >= 15 is 0 Å². The zero-order valence-electron chi connectivity index (χ0n) is 14.5. The van der Waals surface area contributed by atoms with E-state index in [1.807, 2.05) is 12.1 Å². The number of rotatable bonds is 6. The number of hydrogen-bond donors (Lipinski definition) is 1. The van der Waals surface area contributed by atoms with Gasteiger partial charge in [-0.15, -0.1) is 11.3 Å². The zero-order valence-corrected chi connectivity index (χ0v) is 16.9. The van der Waals surface area contributed by atoms with E-state index in [1.165, 1.54) is 16.2 Å². The van der Waals surface area contributed by atoms with Crippen LogP contribution in [0.5, 0.6) is 5.75 Å². The summed E-state index contributed by atoms with van der Waals surface area (Å²) in [4.78, 5) is 25.9. The lowest BCUT2D eigenvalue weighted by Gasteiger charge is -2.12. The van der Waals surface area contributed by atoms with Crippen LogP contribution in [0.4, 0.5) is 5.00 Å². The fourth-order valence-corrected chi connectivity index (χ4v) is 4.61. The molecular weight excluding hydrogens is 418 g/mol. The van der Waals surface area contributed by atoms with Crippen LogP contribution in [0, 0.1) is 0 Å². The van der Waals surface area contributed by atoms with Gasteiger partial charge in [-0.2, -0.15) is 0 Å². The van der Waals surface area contributed by atoms with Crippen LogP contribution < -0.4 is 10.1 Å². The molecule has 2 aromatic rings. The highest BCUT2D eigenvalue weighted by Gasteiger charge is 2.27. The molecule has 1 N–H and O–H groups in total. The molecule has 1 aliphatic rings. The standard InChI is InChI=1S/C19H20BrNO4S/c1-2-24-19(23)17-14-8-3-4-9-15(14)26-18(17)21-16(22)11-25-13-7-5-6-12(20)10-13/h5-7,10H,2-4,8-9,11H2,1H3,(H,21,22). The van der Waals surface area contributed by atoms with Crippen LogP contribution in [0.1, 0.15) is 40.6 Å². The van der Waals surface area contributed by atoms with Gasteiger partial charge in [0.1, 0.15) is 10.8 Å². The first-order valence-electron chi connectivity index (χ1n) is 8.58. The van der Waals surface area contributed by atoms with Crippen molar-refractivity contribution in [1.82, 2.24) is 0 Å². The first kappa shape index (κ1) is 18.9. The Labute approximate surface area is 164 Å². The topological polar surface area (TPSA) is 64.6 Å². The van der Waals surface area contributed by atoms with Crippen LogP contribution in [0.2, 0.25) is 0 Å². The number of nitrogens with one attached hydrogen (secondary N) is 1. The summed E-state index contributed by atoms with van der Waals surface area (Å²) in [6.45, 7) is 1.96. The number of esters is 1. The molecule has 0 atom stereocenters. The van der Waals surface area contributed by atoms with Crippen molar-refractivity contribution in [2.24, 2.45) is 0 Å². The Morgan fingerprint density at radius 1 is 1.27 bits per heavy atom. The van der Waals surface area contributed by atoms with E-state index in [4.69, 9.17) is 9.47 Å². The second-order valence-electron chi connectivity index (χ2n) is 5.93. The fourth-order valence-electron chi connectivity index (χ4n) is 2.94. The number of aryl methyl sites for hydroxylation is 1. The van der Waals surface area contributed by atoms with Gasteiger partial charge in [0.2, 0.25) is 0 Å². The number of carbonyl (C=O) groups excluding carboxylic acids is 2. The van der Waals surface area contributed by atoms with Gasteiger partial charge in [-0.1, -0.05) is 22.0 Å². The molecule has 1 heterocycles. The summed E-state index contributed by atoms with van der Waals surface area (Å²) in [6.07, 6.45) is 3.95. The lowest BCUT2D eigenvalue weighted by Crippen LogP contribution is -2.21. The first-order valence-corrected chi connectivity index (χ1v) is 10.2. The normalized spacial score (nSPS) is 13.0. The molecule has 1 aromatic carbocycles. The van der Waals surface area contributed by atoms with E-state index in [9.17, 15) is 9.59 Å². The second-order valence-corrected chi connectivity index (χ2v) is 7.95. The van der Waals surface area contributed by atoms with Crippen molar-refractivity contribution in [2.45, 2.75) is 32.6 Å². The zero-order chi connectivity index (χ0) is 18.5. The number of carbonyl (C=O) groups is 2. The molecule has 0 fully saturated rings. The summed E-state index contributed by atoms with van der Waals surface area (Å²) in [7, 11) is 0. The number of anilines is 1. The van der Waals surface area contributed by atoms with Crippen LogP contribution in [0.3, 0.4) is 0 Å². The van der Waals surface area contributed by atoms with Gasteiger partial charge in [-0.25, -0.2) is 4.79 Å². The maximum Gasteiger partial charge on any atom is 0.341 e. The lowest BCUT2D eigenvalue weighted by molar-refractivity contribution is -0.118. The number of halogens is 1. The molecule has 0 bridgehead atoms. The summed E-state index contributed by atoms with van der Waals surface area (Å²) in [5.74, 6) is -0.0603. The van der Waals surface area contributed by atoms with E-state index in [-0.39, 0.29) is 18.5 Å². The Balaban J connectivity index is 1.73. The van der Waals surface area contributed by atoms with Crippen molar-refractivity contribution in [1.29, 1.82) is 0 Å². The minimum absolute atomic E-state index is 0.124. The number of benzene rings is 1. The van der Waals surface area contributed by atoms with Gasteiger partial charge in [0.15, 0.2) is 6.61 Å². The summed E-state index contributed by atoms with van der Waals surface area (Å²) in [5.41, 5.74) is 1.55. The monoisotopic (exact) mass is 437 g/mol. The Bertz CT molecular complexity index is 818. The Morgan fingerprint density at radius 3 is 2.85 bits per heavy atom. The highest BCUT2D eigenvalue weighted by molar-refractivity contribution is 9.10. The van der Waals surface area contributed by atoms with Gasteiger partial charge in [0, 0.05) is 9.35 Å². The SMILES string of the molecule is CCOC(=O)c1c(NC(=O)COc2cccc(Br)c2)sc2c1CCCC2. The van der Waals surface area contributed by atoms with Crippen molar-refractivity contribution >= 4 is 44.1 Å². The minimum Gasteiger partial charge on any atom is -0.484 e. The van der Waals surface area contributed by atoms with Crippen LogP contribution in [-0.4, -0.2) is 25.1 Å². The number of fused-ring (bicyclic) bond motifs is 1. The lowest BCUT2D eigenvalue weighted by atomic mass is 9.95. The molecule has 0 saturated carbocycles. The number of hydrogen-bond acceptors (Lipinski definition) is 5. The third-order valence-corrected chi connectivity index (χ3v) is 5.77. The van der Waals surface area contributed by atoms with Gasteiger partial charge in [0.05, 0.1) is 12.2 Å². The molecule has 1 amide bonds. The quantitative estimate of drug-likeness (QED) is 0.671. The Kier molecular flexibility index (Phi) is 6.32. The molecule has 0 radical (unpaired) electrons. The number of amides is 1. The van der Waals surface area contributed by atoms with Crippen molar-refractivity contribution in [3.8, 4) is 5.75 Å². The second kappa shape index (κ2) is 8.68. The maximum atomic E-state index is 12.4. The van der Waals surface area contributed by atoms with Crippen molar-refractivity contribution < 1.29 is 19.1 Å². The summed E-state index contributed by atoms with van der Waals surface area (Å²) in [6, 6.07) is 7.30. The molecule has 1 aromatic heterocycles. The van der Waals surface area contributed by atoms with Crippen LogP contribution in [0.15, 0.2) is 28.7 Å². The molecule has 1 aliphatic carbocycles. The van der Waals surface area contributed by atoms with Crippen molar-refractivity contribution in [2.75, 3.05) is 18.5 Å². The highest BCUT2D eigenvalue weighted by Crippen LogP contribution is 2.38. The molecule has 0 saturated heterocycles. The van der Waals surface area contributed by atoms with Crippen LogP contribution in [0.25, 0.3) is 0 Å². The molecule has 7 heteroatoms. The number of ether oxygens (including phenoxy) is 2. The molecule has 0 unspecified atom stereocenters. The van der Waals surface area contributed by atoms with Gasteiger partial charge >= 0.3 is 5.97 Å². The third-order valence-electron chi connectivity index (χ3n) is 4.07. The van der Waals surface area contributed by atoms with E-state index in [0.29, 0.717) is 22.9 Å². The van der Waals surface area contributed by atoms with E-state index in [2.05, 4.69) is 21.2 Å². The fraction of sp³-hybridized carbons (Fsp3) is 0.368. The Hall–Kier alpha value is -1.86.